The van der Waals surface area contributed by atoms with Crippen LogP contribution in [0.15, 0.2) is 29.6 Å². The first-order valence-electron chi connectivity index (χ1n) is 5.58. The number of hydrogen-bond acceptors (Lipinski definition) is 4. The van der Waals surface area contributed by atoms with E-state index in [9.17, 15) is 4.79 Å². The fourth-order valence-corrected chi connectivity index (χ4v) is 2.21. The van der Waals surface area contributed by atoms with Crippen molar-refractivity contribution in [1.82, 2.24) is 9.88 Å². The van der Waals surface area contributed by atoms with Crippen molar-refractivity contribution >= 4 is 22.9 Å². The van der Waals surface area contributed by atoms with Gasteiger partial charge in [0.2, 0.25) is 0 Å². The van der Waals surface area contributed by atoms with E-state index >= 15 is 0 Å². The molecule has 0 atom stereocenters. The van der Waals surface area contributed by atoms with E-state index in [-0.39, 0.29) is 5.91 Å². The molecule has 1 aromatic carbocycles. The summed E-state index contributed by atoms with van der Waals surface area (Å²) in [7, 11) is 1.77. The van der Waals surface area contributed by atoms with E-state index in [1.54, 1.807) is 17.3 Å². The lowest BCUT2D eigenvalue weighted by Gasteiger charge is -2.16. The van der Waals surface area contributed by atoms with Crippen molar-refractivity contribution in [2.24, 2.45) is 0 Å². The Bertz CT molecular complexity index is 548. The summed E-state index contributed by atoms with van der Waals surface area (Å²) >= 11 is 1.48. The highest BCUT2D eigenvalue weighted by Gasteiger charge is 2.14. The first-order chi connectivity index (χ1) is 8.56. The van der Waals surface area contributed by atoms with Crippen molar-refractivity contribution in [3.05, 3.63) is 45.9 Å². The molecule has 94 valence electrons. The molecule has 0 saturated carbocycles. The number of aromatic nitrogens is 1. The minimum Gasteiger partial charge on any atom is -0.399 e. The lowest BCUT2D eigenvalue weighted by atomic mass is 10.2. The number of nitrogen functional groups attached to an aromatic ring is 1. The molecule has 2 N–H and O–H groups in total. The van der Waals surface area contributed by atoms with Crippen molar-refractivity contribution in [2.45, 2.75) is 13.5 Å². The van der Waals surface area contributed by atoms with Gasteiger partial charge in [0.1, 0.15) is 5.69 Å². The van der Waals surface area contributed by atoms with E-state index in [2.05, 4.69) is 4.98 Å². The van der Waals surface area contributed by atoms with Crippen LogP contribution in [0.25, 0.3) is 0 Å². The molecular formula is C13H15N3OS. The second kappa shape index (κ2) is 5.18. The van der Waals surface area contributed by atoms with Gasteiger partial charge in [0.15, 0.2) is 0 Å². The monoisotopic (exact) mass is 261 g/mol. The molecule has 1 aromatic heterocycles. The van der Waals surface area contributed by atoms with Crippen LogP contribution in [0.4, 0.5) is 5.69 Å². The molecule has 0 aliphatic heterocycles. The molecule has 18 heavy (non-hydrogen) atoms. The summed E-state index contributed by atoms with van der Waals surface area (Å²) < 4.78 is 0. The Morgan fingerprint density at radius 3 is 2.61 bits per heavy atom. The van der Waals surface area contributed by atoms with Gasteiger partial charge in [-0.3, -0.25) is 4.79 Å². The van der Waals surface area contributed by atoms with Gasteiger partial charge in [-0.15, -0.1) is 11.3 Å². The molecule has 5 heteroatoms. The first kappa shape index (κ1) is 12.6. The van der Waals surface area contributed by atoms with Crippen LogP contribution in [0.2, 0.25) is 0 Å². The Kier molecular flexibility index (Phi) is 3.62. The molecule has 2 aromatic rings. The van der Waals surface area contributed by atoms with Crippen LogP contribution in [0, 0.1) is 6.92 Å². The van der Waals surface area contributed by atoms with Crippen molar-refractivity contribution < 1.29 is 4.79 Å². The summed E-state index contributed by atoms with van der Waals surface area (Å²) in [6.07, 6.45) is 0. The minimum atomic E-state index is -0.0591. The van der Waals surface area contributed by atoms with Gasteiger partial charge in [0, 0.05) is 24.7 Å². The molecule has 1 heterocycles. The molecule has 1 amide bonds. The molecule has 0 bridgehead atoms. The van der Waals surface area contributed by atoms with Gasteiger partial charge < -0.3 is 10.6 Å². The van der Waals surface area contributed by atoms with Gasteiger partial charge >= 0.3 is 0 Å². The number of amides is 1. The lowest BCUT2D eigenvalue weighted by molar-refractivity contribution is 0.0780. The largest absolute Gasteiger partial charge is 0.399 e. The predicted molar refractivity (Wildman–Crippen MR) is 73.5 cm³/mol. The second-order valence-electron chi connectivity index (χ2n) is 4.15. The van der Waals surface area contributed by atoms with Crippen LogP contribution in [-0.2, 0) is 6.54 Å². The molecule has 2 rings (SSSR count). The zero-order chi connectivity index (χ0) is 13.1. The average Bonchev–Trinajstić information content (AvgIpc) is 2.78. The Hall–Kier alpha value is -1.88. The maximum absolute atomic E-state index is 12.1. The number of hydrogen-bond donors (Lipinski definition) is 1. The van der Waals surface area contributed by atoms with Crippen LogP contribution < -0.4 is 5.73 Å². The third-order valence-corrected chi connectivity index (χ3v) is 3.36. The highest BCUT2D eigenvalue weighted by atomic mass is 32.1. The van der Waals surface area contributed by atoms with E-state index in [1.165, 1.54) is 11.3 Å². The summed E-state index contributed by atoms with van der Waals surface area (Å²) in [5.74, 6) is -0.0591. The van der Waals surface area contributed by atoms with Crippen molar-refractivity contribution in [1.29, 1.82) is 0 Å². The number of aryl methyl sites for hydroxylation is 1. The zero-order valence-corrected chi connectivity index (χ0v) is 11.2. The van der Waals surface area contributed by atoms with Crippen LogP contribution in [0.5, 0.6) is 0 Å². The van der Waals surface area contributed by atoms with Gasteiger partial charge in [-0.1, -0.05) is 12.1 Å². The summed E-state index contributed by atoms with van der Waals surface area (Å²) in [6, 6.07) is 7.51. The third-order valence-electron chi connectivity index (χ3n) is 2.58. The smallest absolute Gasteiger partial charge is 0.273 e. The van der Waals surface area contributed by atoms with E-state index in [4.69, 9.17) is 5.73 Å². The summed E-state index contributed by atoms with van der Waals surface area (Å²) in [6.45, 7) is 2.44. The molecule has 0 saturated heterocycles. The van der Waals surface area contributed by atoms with Gasteiger partial charge in [0.05, 0.1) is 5.01 Å². The van der Waals surface area contributed by atoms with Crippen LogP contribution >= 0.6 is 11.3 Å². The average molecular weight is 261 g/mol. The summed E-state index contributed by atoms with van der Waals surface area (Å²) in [5.41, 5.74) is 7.90. The third kappa shape index (κ3) is 2.87. The Morgan fingerprint density at radius 1 is 1.39 bits per heavy atom. The molecule has 0 fully saturated rings. The number of nitrogens with zero attached hydrogens (tertiary/aromatic N) is 2. The lowest BCUT2D eigenvalue weighted by Crippen LogP contribution is -2.26. The molecule has 0 aliphatic carbocycles. The Labute approximate surface area is 110 Å². The van der Waals surface area contributed by atoms with E-state index in [0.717, 1.165) is 16.3 Å². The normalized spacial score (nSPS) is 10.3. The van der Waals surface area contributed by atoms with Crippen molar-refractivity contribution in [2.75, 3.05) is 12.8 Å². The topological polar surface area (TPSA) is 59.2 Å². The quantitative estimate of drug-likeness (QED) is 0.862. The highest BCUT2D eigenvalue weighted by molar-refractivity contribution is 7.09. The van der Waals surface area contributed by atoms with Crippen molar-refractivity contribution in [3.63, 3.8) is 0 Å². The minimum absolute atomic E-state index is 0.0591. The van der Waals surface area contributed by atoms with Crippen LogP contribution in [-0.4, -0.2) is 22.8 Å². The fraction of sp³-hybridized carbons (Fsp3) is 0.231. The number of anilines is 1. The maximum Gasteiger partial charge on any atom is 0.273 e. The highest BCUT2D eigenvalue weighted by Crippen LogP contribution is 2.12. The van der Waals surface area contributed by atoms with Gasteiger partial charge in [-0.2, -0.15) is 0 Å². The van der Waals surface area contributed by atoms with Gasteiger partial charge in [0.25, 0.3) is 5.91 Å². The molecular weight excluding hydrogens is 246 g/mol. The SMILES string of the molecule is Cc1nc(C(=O)N(C)Cc2ccc(N)cc2)cs1. The van der Waals surface area contributed by atoms with Gasteiger partial charge in [-0.05, 0) is 24.6 Å². The molecule has 4 nitrogen and oxygen atoms in total. The van der Waals surface area contributed by atoms with E-state index < -0.39 is 0 Å². The van der Waals surface area contributed by atoms with E-state index in [0.29, 0.717) is 12.2 Å². The van der Waals surface area contributed by atoms with Crippen molar-refractivity contribution in [3.8, 4) is 0 Å². The number of rotatable bonds is 3. The number of carbonyl (C=O) groups is 1. The summed E-state index contributed by atoms with van der Waals surface area (Å²) in [5, 5.41) is 2.69. The maximum atomic E-state index is 12.1. The fourth-order valence-electron chi connectivity index (χ4n) is 1.63. The second-order valence-corrected chi connectivity index (χ2v) is 5.22. The standard InChI is InChI=1S/C13H15N3OS/c1-9-15-12(8-18-9)13(17)16(2)7-10-3-5-11(14)6-4-10/h3-6,8H,7,14H2,1-2H3. The predicted octanol–water partition coefficient (Wildman–Crippen LogP) is 2.31. The number of carbonyl (C=O) groups excluding carboxylic acids is 1. The number of benzene rings is 1. The van der Waals surface area contributed by atoms with E-state index in [1.807, 2.05) is 31.2 Å². The Morgan fingerprint density at radius 2 is 2.06 bits per heavy atom. The van der Waals surface area contributed by atoms with Gasteiger partial charge in [-0.25, -0.2) is 4.98 Å². The molecule has 0 unspecified atom stereocenters. The van der Waals surface area contributed by atoms with Crippen LogP contribution in [0.3, 0.4) is 0 Å². The van der Waals surface area contributed by atoms with Crippen LogP contribution in [0.1, 0.15) is 21.1 Å². The number of nitrogens with two attached hydrogens (primary N) is 1. The first-order valence-corrected chi connectivity index (χ1v) is 6.46. The summed E-state index contributed by atoms with van der Waals surface area (Å²) in [4.78, 5) is 17.9. The zero-order valence-electron chi connectivity index (χ0n) is 10.4. The molecule has 0 aliphatic rings. The number of thiazole rings is 1. The molecule has 0 spiro atoms. The Balaban J connectivity index is 2.05. The molecule has 0 radical (unpaired) electrons.